The molecular formula is C8H12N2O3. The van der Waals surface area contributed by atoms with Gasteiger partial charge in [-0.2, -0.15) is 0 Å². The predicted molar refractivity (Wildman–Crippen MR) is 45.9 cm³/mol. The molecular weight excluding hydrogens is 172 g/mol. The molecule has 1 aliphatic heterocycles. The van der Waals surface area contributed by atoms with Crippen LogP contribution >= 0.6 is 0 Å². The molecule has 0 aromatic rings. The Balaban J connectivity index is 2.38. The van der Waals surface area contributed by atoms with Gasteiger partial charge in [-0.05, 0) is 6.92 Å². The summed E-state index contributed by atoms with van der Waals surface area (Å²) in [6, 6.07) is -0.180. The van der Waals surface area contributed by atoms with Crippen molar-refractivity contribution in [1.29, 1.82) is 0 Å². The van der Waals surface area contributed by atoms with E-state index in [-0.39, 0.29) is 6.03 Å². The first-order chi connectivity index (χ1) is 6.24. The summed E-state index contributed by atoms with van der Waals surface area (Å²) >= 11 is 0. The maximum atomic E-state index is 11.0. The SMILES string of the molecule is CCOC(=O)/C=C/N1CCNC1=O. The molecule has 1 N–H and O–H groups in total. The zero-order valence-corrected chi connectivity index (χ0v) is 7.45. The van der Waals surface area contributed by atoms with Crippen LogP contribution in [0.5, 0.6) is 0 Å². The molecule has 72 valence electrons. The molecule has 13 heavy (non-hydrogen) atoms. The molecule has 1 rings (SSSR count). The number of carbonyl (C=O) groups is 2. The number of nitrogens with zero attached hydrogens (tertiary/aromatic N) is 1. The summed E-state index contributed by atoms with van der Waals surface area (Å²) in [6.07, 6.45) is 2.68. The molecule has 0 spiro atoms. The summed E-state index contributed by atoms with van der Waals surface area (Å²) in [4.78, 5) is 23.2. The first-order valence-corrected chi connectivity index (χ1v) is 4.13. The van der Waals surface area contributed by atoms with Crippen LogP contribution in [0.25, 0.3) is 0 Å². The molecule has 2 amide bonds. The second kappa shape index (κ2) is 4.49. The van der Waals surface area contributed by atoms with Gasteiger partial charge in [0, 0.05) is 25.4 Å². The Hall–Kier alpha value is -1.52. The highest BCUT2D eigenvalue weighted by Gasteiger charge is 2.16. The van der Waals surface area contributed by atoms with Crippen molar-refractivity contribution in [1.82, 2.24) is 10.2 Å². The first kappa shape index (κ1) is 9.57. The Kier molecular flexibility index (Phi) is 3.31. The molecule has 1 heterocycles. The van der Waals surface area contributed by atoms with E-state index in [4.69, 9.17) is 0 Å². The number of carbonyl (C=O) groups excluding carboxylic acids is 2. The molecule has 1 fully saturated rings. The quantitative estimate of drug-likeness (QED) is 0.499. The second-order valence-corrected chi connectivity index (χ2v) is 2.49. The van der Waals surface area contributed by atoms with Crippen LogP contribution in [0.4, 0.5) is 4.79 Å². The number of esters is 1. The topological polar surface area (TPSA) is 58.6 Å². The first-order valence-electron chi connectivity index (χ1n) is 4.13. The van der Waals surface area contributed by atoms with E-state index in [2.05, 4.69) is 10.1 Å². The molecule has 0 saturated carbocycles. The van der Waals surface area contributed by atoms with Crippen LogP contribution in [-0.4, -0.2) is 36.6 Å². The lowest BCUT2D eigenvalue weighted by Gasteiger charge is -2.05. The summed E-state index contributed by atoms with van der Waals surface area (Å²) in [5.74, 6) is -0.429. The summed E-state index contributed by atoms with van der Waals surface area (Å²) < 4.78 is 4.65. The highest BCUT2D eigenvalue weighted by Crippen LogP contribution is 1.97. The van der Waals surface area contributed by atoms with E-state index in [1.165, 1.54) is 17.2 Å². The molecule has 1 saturated heterocycles. The normalized spacial score (nSPS) is 16.4. The van der Waals surface area contributed by atoms with Gasteiger partial charge in [0.25, 0.3) is 0 Å². The van der Waals surface area contributed by atoms with Gasteiger partial charge in [-0.25, -0.2) is 9.59 Å². The van der Waals surface area contributed by atoms with Crippen molar-refractivity contribution < 1.29 is 14.3 Å². The number of urea groups is 1. The minimum Gasteiger partial charge on any atom is -0.463 e. The Morgan fingerprint density at radius 3 is 3.08 bits per heavy atom. The van der Waals surface area contributed by atoms with Crippen molar-refractivity contribution in [3.8, 4) is 0 Å². The van der Waals surface area contributed by atoms with Crippen LogP contribution in [0, 0.1) is 0 Å². The summed E-state index contributed by atoms with van der Waals surface area (Å²) in [6.45, 7) is 3.28. The lowest BCUT2D eigenvalue weighted by Crippen LogP contribution is -2.23. The van der Waals surface area contributed by atoms with Crippen LogP contribution in [0.1, 0.15) is 6.92 Å². The van der Waals surface area contributed by atoms with Crippen LogP contribution in [-0.2, 0) is 9.53 Å². The molecule has 1 aliphatic rings. The number of rotatable bonds is 3. The summed E-state index contributed by atoms with van der Waals surface area (Å²) in [5.41, 5.74) is 0. The van der Waals surface area contributed by atoms with Crippen molar-refractivity contribution in [3.05, 3.63) is 12.3 Å². The van der Waals surface area contributed by atoms with Crippen LogP contribution < -0.4 is 5.32 Å². The Bertz CT molecular complexity index is 238. The van der Waals surface area contributed by atoms with Crippen LogP contribution in [0.3, 0.4) is 0 Å². The van der Waals surface area contributed by atoms with E-state index < -0.39 is 5.97 Å². The smallest absolute Gasteiger partial charge is 0.332 e. The van der Waals surface area contributed by atoms with Gasteiger partial charge in [-0.15, -0.1) is 0 Å². The van der Waals surface area contributed by atoms with E-state index >= 15 is 0 Å². The lowest BCUT2D eigenvalue weighted by atomic mass is 10.5. The Labute approximate surface area is 76.3 Å². The highest BCUT2D eigenvalue weighted by atomic mass is 16.5. The van der Waals surface area contributed by atoms with Gasteiger partial charge in [0.2, 0.25) is 0 Å². The van der Waals surface area contributed by atoms with Crippen molar-refractivity contribution in [2.45, 2.75) is 6.92 Å². The minimum atomic E-state index is -0.429. The zero-order chi connectivity index (χ0) is 9.68. The Morgan fingerprint density at radius 2 is 2.54 bits per heavy atom. The number of hydrogen-bond donors (Lipinski definition) is 1. The fourth-order valence-corrected chi connectivity index (χ4v) is 0.970. The van der Waals surface area contributed by atoms with E-state index in [1.807, 2.05) is 0 Å². The van der Waals surface area contributed by atoms with Crippen molar-refractivity contribution in [2.24, 2.45) is 0 Å². The largest absolute Gasteiger partial charge is 0.463 e. The standard InChI is InChI=1S/C8H12N2O3/c1-2-13-7(11)3-5-10-6-4-9-8(10)12/h3,5H,2,4,6H2,1H3,(H,9,12)/b5-3+. The summed E-state index contributed by atoms with van der Waals surface area (Å²) in [5, 5.41) is 2.61. The van der Waals surface area contributed by atoms with Gasteiger partial charge >= 0.3 is 12.0 Å². The summed E-state index contributed by atoms with van der Waals surface area (Å²) in [7, 11) is 0. The number of nitrogens with one attached hydrogen (secondary N) is 1. The lowest BCUT2D eigenvalue weighted by molar-refractivity contribution is -0.137. The average Bonchev–Trinajstić information content (AvgIpc) is 2.48. The van der Waals surface area contributed by atoms with E-state index in [0.717, 1.165) is 0 Å². The number of hydrogen-bond acceptors (Lipinski definition) is 3. The van der Waals surface area contributed by atoms with Gasteiger partial charge in [-0.1, -0.05) is 0 Å². The molecule has 5 heteroatoms. The van der Waals surface area contributed by atoms with Gasteiger partial charge in [-0.3, -0.25) is 4.90 Å². The minimum absolute atomic E-state index is 0.180. The van der Waals surface area contributed by atoms with E-state index in [9.17, 15) is 9.59 Å². The third-order valence-corrected chi connectivity index (χ3v) is 1.57. The maximum absolute atomic E-state index is 11.0. The van der Waals surface area contributed by atoms with Crippen LogP contribution in [0.15, 0.2) is 12.3 Å². The van der Waals surface area contributed by atoms with E-state index in [0.29, 0.717) is 19.7 Å². The molecule has 0 radical (unpaired) electrons. The third-order valence-electron chi connectivity index (χ3n) is 1.57. The van der Waals surface area contributed by atoms with Gasteiger partial charge in [0.15, 0.2) is 0 Å². The van der Waals surface area contributed by atoms with Gasteiger partial charge in [0.1, 0.15) is 0 Å². The zero-order valence-electron chi connectivity index (χ0n) is 7.45. The molecule has 0 bridgehead atoms. The fourth-order valence-electron chi connectivity index (χ4n) is 0.970. The van der Waals surface area contributed by atoms with Crippen molar-refractivity contribution >= 4 is 12.0 Å². The molecule has 5 nitrogen and oxygen atoms in total. The fraction of sp³-hybridized carbons (Fsp3) is 0.500. The monoisotopic (exact) mass is 184 g/mol. The third kappa shape index (κ3) is 2.77. The molecule has 0 unspecified atom stereocenters. The second-order valence-electron chi connectivity index (χ2n) is 2.49. The number of amides is 2. The van der Waals surface area contributed by atoms with Crippen LogP contribution in [0.2, 0.25) is 0 Å². The van der Waals surface area contributed by atoms with Crippen molar-refractivity contribution in [2.75, 3.05) is 19.7 Å². The van der Waals surface area contributed by atoms with E-state index in [1.54, 1.807) is 6.92 Å². The van der Waals surface area contributed by atoms with Gasteiger partial charge < -0.3 is 10.1 Å². The molecule has 0 aromatic carbocycles. The van der Waals surface area contributed by atoms with Gasteiger partial charge in [0.05, 0.1) is 6.61 Å². The maximum Gasteiger partial charge on any atom is 0.332 e. The molecule has 0 aromatic heterocycles. The van der Waals surface area contributed by atoms with Crippen molar-refractivity contribution in [3.63, 3.8) is 0 Å². The highest BCUT2D eigenvalue weighted by molar-refractivity contribution is 5.83. The Morgan fingerprint density at radius 1 is 1.77 bits per heavy atom. The molecule has 0 atom stereocenters. The number of ether oxygens (including phenoxy) is 1. The average molecular weight is 184 g/mol. The molecule has 0 aliphatic carbocycles. The predicted octanol–water partition coefficient (Wildman–Crippen LogP) is 0.0884.